The molecule has 38 heavy (non-hydrogen) atoms. The van der Waals surface area contributed by atoms with Gasteiger partial charge in [0.1, 0.15) is 17.4 Å². The number of methoxy groups -OCH3 is 5. The number of benzene rings is 2. The van der Waals surface area contributed by atoms with E-state index in [2.05, 4.69) is 6.07 Å². The summed E-state index contributed by atoms with van der Waals surface area (Å²) in [6.45, 7) is 1.99. The van der Waals surface area contributed by atoms with Crippen LogP contribution in [0, 0.1) is 18.3 Å². The van der Waals surface area contributed by atoms with Gasteiger partial charge in [-0.15, -0.1) is 0 Å². The fourth-order valence-electron chi connectivity index (χ4n) is 4.74. The highest BCUT2D eigenvalue weighted by atomic mass is 16.5. The smallest absolute Gasteiger partial charge is 0.259 e. The first-order valence-corrected chi connectivity index (χ1v) is 11.6. The van der Waals surface area contributed by atoms with E-state index in [0.29, 0.717) is 40.0 Å². The van der Waals surface area contributed by atoms with E-state index in [1.54, 1.807) is 47.9 Å². The van der Waals surface area contributed by atoms with E-state index in [9.17, 15) is 10.1 Å². The largest absolute Gasteiger partial charge is 0.493 e. The van der Waals surface area contributed by atoms with Crippen LogP contribution in [0.5, 0.6) is 34.5 Å². The number of ether oxygens (including phenoxy) is 6. The van der Waals surface area contributed by atoms with Crippen LogP contribution in [0.25, 0.3) is 0 Å². The average molecular weight is 520 g/mol. The minimum Gasteiger partial charge on any atom is -0.493 e. The van der Waals surface area contributed by atoms with Gasteiger partial charge < -0.3 is 38.7 Å². The first-order valence-electron chi connectivity index (χ1n) is 11.6. The summed E-state index contributed by atoms with van der Waals surface area (Å²) in [7, 11) is 7.60. The van der Waals surface area contributed by atoms with Crippen LogP contribution in [0.2, 0.25) is 0 Å². The molecule has 0 radical (unpaired) electrons. The van der Waals surface area contributed by atoms with E-state index < -0.39 is 5.92 Å². The van der Waals surface area contributed by atoms with Gasteiger partial charge in [-0.25, -0.2) is 0 Å². The maximum atomic E-state index is 14.1. The lowest BCUT2D eigenvalue weighted by Crippen LogP contribution is -2.33. The van der Waals surface area contributed by atoms with Gasteiger partial charge >= 0.3 is 0 Å². The summed E-state index contributed by atoms with van der Waals surface area (Å²) in [5, 5.41) is 10.0. The lowest BCUT2D eigenvalue weighted by molar-refractivity contribution is 0.323. The molecule has 1 aromatic heterocycles. The molecular formula is C28H29N3O7. The second kappa shape index (κ2) is 10.7. The van der Waals surface area contributed by atoms with Crippen LogP contribution in [-0.4, -0.2) is 40.1 Å². The molecule has 2 heterocycles. The van der Waals surface area contributed by atoms with Crippen LogP contribution in [0.4, 0.5) is 0 Å². The highest BCUT2D eigenvalue weighted by Crippen LogP contribution is 2.46. The number of hydrogen-bond donors (Lipinski definition) is 1. The first-order chi connectivity index (χ1) is 18.3. The van der Waals surface area contributed by atoms with E-state index in [-0.39, 0.29) is 34.9 Å². The Kier molecular flexibility index (Phi) is 7.39. The molecule has 3 aromatic rings. The van der Waals surface area contributed by atoms with Crippen LogP contribution in [0.1, 0.15) is 28.3 Å². The molecule has 0 amide bonds. The van der Waals surface area contributed by atoms with Crippen LogP contribution < -0.4 is 39.7 Å². The van der Waals surface area contributed by atoms with Gasteiger partial charge in [0.2, 0.25) is 11.6 Å². The van der Waals surface area contributed by atoms with Crippen molar-refractivity contribution in [3.8, 4) is 40.6 Å². The maximum Gasteiger partial charge on any atom is 0.259 e. The Morgan fingerprint density at radius 2 is 1.58 bits per heavy atom. The molecule has 2 N–H and O–H groups in total. The van der Waals surface area contributed by atoms with Crippen molar-refractivity contribution < 1.29 is 28.4 Å². The van der Waals surface area contributed by atoms with Gasteiger partial charge in [-0.1, -0.05) is 12.1 Å². The molecule has 0 saturated carbocycles. The number of allylic oxidation sites excluding steroid dienone is 1. The number of pyridine rings is 1. The molecule has 0 spiro atoms. The monoisotopic (exact) mass is 519 g/mol. The van der Waals surface area contributed by atoms with E-state index in [1.807, 2.05) is 0 Å². The molecule has 1 aliphatic rings. The van der Waals surface area contributed by atoms with Crippen molar-refractivity contribution in [3.05, 3.63) is 80.6 Å². The third kappa shape index (κ3) is 4.32. The molecule has 1 unspecified atom stereocenters. The van der Waals surface area contributed by atoms with Crippen molar-refractivity contribution in [2.75, 3.05) is 35.5 Å². The van der Waals surface area contributed by atoms with Gasteiger partial charge in [0.05, 0.1) is 53.6 Å². The molecule has 1 atom stereocenters. The van der Waals surface area contributed by atoms with Gasteiger partial charge in [0, 0.05) is 17.3 Å². The molecule has 0 fully saturated rings. The average Bonchev–Trinajstić information content (AvgIpc) is 2.93. The zero-order valence-electron chi connectivity index (χ0n) is 22.1. The fraction of sp³-hybridized carbons (Fsp3) is 0.286. The van der Waals surface area contributed by atoms with Crippen LogP contribution in [0.3, 0.4) is 0 Å². The number of nitriles is 1. The Morgan fingerprint density at radius 1 is 0.947 bits per heavy atom. The zero-order valence-corrected chi connectivity index (χ0v) is 22.1. The summed E-state index contributed by atoms with van der Waals surface area (Å²) >= 11 is 0. The Labute approximate surface area is 220 Å². The van der Waals surface area contributed by atoms with Crippen LogP contribution in [0.15, 0.2) is 52.6 Å². The van der Waals surface area contributed by atoms with Crippen molar-refractivity contribution >= 4 is 0 Å². The normalized spacial score (nSPS) is 14.2. The molecule has 0 bridgehead atoms. The number of aromatic nitrogens is 1. The third-order valence-electron chi connectivity index (χ3n) is 6.50. The quantitative estimate of drug-likeness (QED) is 0.476. The van der Waals surface area contributed by atoms with E-state index in [1.165, 1.54) is 35.5 Å². The lowest BCUT2D eigenvalue weighted by Gasteiger charge is -2.28. The van der Waals surface area contributed by atoms with E-state index in [4.69, 9.17) is 34.2 Å². The minimum absolute atomic E-state index is 0.0731. The zero-order chi connectivity index (χ0) is 27.6. The van der Waals surface area contributed by atoms with E-state index >= 15 is 0 Å². The second-order valence-electron chi connectivity index (χ2n) is 8.50. The number of aryl methyl sites for hydroxylation is 1. The molecule has 10 nitrogen and oxygen atoms in total. The molecule has 0 aliphatic carbocycles. The van der Waals surface area contributed by atoms with Crippen molar-refractivity contribution in [2.24, 2.45) is 5.73 Å². The van der Waals surface area contributed by atoms with Gasteiger partial charge in [-0.2, -0.15) is 5.26 Å². The Hall–Kier alpha value is -4.78. The summed E-state index contributed by atoms with van der Waals surface area (Å²) in [4.78, 5) is 14.1. The van der Waals surface area contributed by atoms with Crippen LogP contribution in [-0.2, 0) is 6.54 Å². The summed E-state index contributed by atoms with van der Waals surface area (Å²) in [6, 6.07) is 12.7. The molecule has 0 saturated heterocycles. The topological polar surface area (TPSA) is 127 Å². The summed E-state index contributed by atoms with van der Waals surface area (Å²) in [5.41, 5.74) is 8.11. The minimum atomic E-state index is -0.840. The number of rotatable bonds is 8. The third-order valence-corrected chi connectivity index (χ3v) is 6.50. The van der Waals surface area contributed by atoms with E-state index in [0.717, 1.165) is 5.56 Å². The number of hydrogen-bond acceptors (Lipinski definition) is 9. The van der Waals surface area contributed by atoms with Crippen molar-refractivity contribution in [2.45, 2.75) is 19.4 Å². The Bertz CT molecular complexity index is 1490. The summed E-state index contributed by atoms with van der Waals surface area (Å²) in [6.07, 6.45) is 0. The SMILES string of the molecule is COc1cc(Cn2c(C)cc3c(c2=O)C(c2cccc(OC)c2OC)C(C#N)=C(N)O3)cc(OC)c1OC. The molecule has 2 aromatic carbocycles. The molecule has 10 heteroatoms. The Balaban J connectivity index is 1.94. The molecule has 1 aliphatic heterocycles. The predicted molar refractivity (Wildman–Crippen MR) is 139 cm³/mol. The second-order valence-corrected chi connectivity index (χ2v) is 8.50. The maximum absolute atomic E-state index is 14.1. The standard InChI is InChI=1S/C28H29N3O7/c1-15-10-20-24(28(32)31(15)14-16-11-21(34-3)26(37-6)22(12-16)35-4)23(18(13-29)27(30)38-20)17-8-7-9-19(33-2)25(17)36-5/h7-12,23H,14,30H2,1-6H3. The van der Waals surface area contributed by atoms with Gasteiger partial charge in [0.15, 0.2) is 23.0 Å². The first kappa shape index (κ1) is 26.3. The fourth-order valence-corrected chi connectivity index (χ4v) is 4.74. The lowest BCUT2D eigenvalue weighted by atomic mass is 9.83. The molecule has 4 rings (SSSR count). The van der Waals surface area contributed by atoms with Crippen molar-refractivity contribution in [3.63, 3.8) is 0 Å². The highest BCUT2D eigenvalue weighted by Gasteiger charge is 2.36. The van der Waals surface area contributed by atoms with Crippen molar-refractivity contribution in [1.82, 2.24) is 4.57 Å². The number of fused-ring (bicyclic) bond motifs is 1. The molecular weight excluding hydrogens is 490 g/mol. The number of nitrogens with two attached hydrogens (primary N) is 1. The number of nitrogens with zero attached hydrogens (tertiary/aromatic N) is 2. The van der Waals surface area contributed by atoms with Gasteiger partial charge in [-0.05, 0) is 30.7 Å². The van der Waals surface area contributed by atoms with Gasteiger partial charge in [-0.3, -0.25) is 4.79 Å². The van der Waals surface area contributed by atoms with Crippen molar-refractivity contribution in [1.29, 1.82) is 5.26 Å². The number of para-hydroxylation sites is 1. The Morgan fingerprint density at radius 3 is 2.13 bits per heavy atom. The summed E-state index contributed by atoms with van der Waals surface area (Å²) in [5.74, 6) is 1.60. The highest BCUT2D eigenvalue weighted by molar-refractivity contribution is 5.61. The predicted octanol–water partition coefficient (Wildman–Crippen LogP) is 3.47. The van der Waals surface area contributed by atoms with Crippen LogP contribution >= 0.6 is 0 Å². The molecule has 198 valence electrons. The summed E-state index contributed by atoms with van der Waals surface area (Å²) < 4.78 is 34.8. The van der Waals surface area contributed by atoms with Gasteiger partial charge in [0.25, 0.3) is 5.56 Å².